The monoisotopic (exact) mass is 493 g/mol. The molecule has 1 aromatic heterocycles. The fraction of sp³-hybridized carbons (Fsp3) is 0.478. The maximum absolute atomic E-state index is 13.6. The first-order valence-electron chi connectivity index (χ1n) is 11.0. The minimum atomic E-state index is -4.04. The molecule has 0 saturated carbocycles. The van der Waals surface area contributed by atoms with Crippen molar-refractivity contribution in [3.8, 4) is 11.5 Å². The van der Waals surface area contributed by atoms with Gasteiger partial charge in [0.25, 0.3) is 0 Å². The van der Waals surface area contributed by atoms with Gasteiger partial charge in [-0.05, 0) is 45.7 Å². The third kappa shape index (κ3) is 5.05. The van der Waals surface area contributed by atoms with Gasteiger partial charge in [-0.25, -0.2) is 13.2 Å². The van der Waals surface area contributed by atoms with Crippen LogP contribution < -0.4 is 14.8 Å². The molecular weight excluding hydrogens is 462 g/mol. The Morgan fingerprint density at radius 1 is 1.15 bits per heavy atom. The number of piperidine rings is 1. The van der Waals surface area contributed by atoms with E-state index in [1.165, 1.54) is 18.5 Å². The zero-order chi connectivity index (χ0) is 25.0. The summed E-state index contributed by atoms with van der Waals surface area (Å²) in [6, 6.07) is 5.01. The minimum Gasteiger partial charge on any atom is -0.493 e. The van der Waals surface area contributed by atoms with Gasteiger partial charge in [-0.3, -0.25) is 4.79 Å². The molecule has 1 saturated heterocycles. The third-order valence-corrected chi connectivity index (χ3v) is 7.84. The van der Waals surface area contributed by atoms with E-state index in [9.17, 15) is 18.0 Å². The lowest BCUT2D eigenvalue weighted by atomic mass is 9.98. The van der Waals surface area contributed by atoms with Crippen LogP contribution in [0.3, 0.4) is 0 Å². The van der Waals surface area contributed by atoms with Crippen molar-refractivity contribution in [2.24, 2.45) is 5.92 Å². The topological polar surface area (TPSA) is 127 Å². The molecule has 0 bridgehead atoms. The number of aromatic amines is 1. The molecule has 11 heteroatoms. The van der Waals surface area contributed by atoms with Gasteiger partial charge in [-0.1, -0.05) is 0 Å². The van der Waals surface area contributed by atoms with E-state index in [2.05, 4.69) is 10.3 Å². The number of H-pyrrole nitrogens is 1. The molecule has 34 heavy (non-hydrogen) atoms. The van der Waals surface area contributed by atoms with Crippen molar-refractivity contribution in [3.63, 3.8) is 0 Å². The van der Waals surface area contributed by atoms with E-state index in [1.807, 2.05) is 0 Å². The van der Waals surface area contributed by atoms with E-state index in [1.54, 1.807) is 39.0 Å². The molecule has 3 rings (SSSR count). The van der Waals surface area contributed by atoms with Gasteiger partial charge in [0.2, 0.25) is 15.9 Å². The lowest BCUT2D eigenvalue weighted by Gasteiger charge is -2.31. The second-order valence-corrected chi connectivity index (χ2v) is 9.94. The smallest absolute Gasteiger partial charge is 0.341 e. The first kappa shape index (κ1) is 25.6. The minimum absolute atomic E-state index is 0.00733. The average molecular weight is 494 g/mol. The van der Waals surface area contributed by atoms with Gasteiger partial charge >= 0.3 is 5.97 Å². The van der Waals surface area contributed by atoms with Crippen molar-refractivity contribution in [1.82, 2.24) is 9.29 Å². The Labute approximate surface area is 199 Å². The molecule has 1 amide bonds. The molecule has 10 nitrogen and oxygen atoms in total. The molecular formula is C23H31N3O7S. The van der Waals surface area contributed by atoms with Crippen molar-refractivity contribution in [2.45, 2.75) is 38.5 Å². The molecule has 0 unspecified atom stereocenters. The summed E-state index contributed by atoms with van der Waals surface area (Å²) in [5.41, 5.74) is 1.31. The third-order valence-electron chi connectivity index (χ3n) is 5.80. The largest absolute Gasteiger partial charge is 0.493 e. The molecule has 2 N–H and O–H groups in total. The molecule has 1 fully saturated rings. The highest BCUT2D eigenvalue weighted by Crippen LogP contribution is 2.32. The number of carbonyl (C=O) groups excluding carboxylic acids is 2. The highest BCUT2D eigenvalue weighted by molar-refractivity contribution is 7.89. The maximum atomic E-state index is 13.6. The molecule has 1 atom stereocenters. The van der Waals surface area contributed by atoms with E-state index >= 15 is 0 Å². The summed E-state index contributed by atoms with van der Waals surface area (Å²) in [5, 5.41) is 2.84. The second-order valence-electron chi connectivity index (χ2n) is 8.06. The molecule has 0 spiro atoms. The van der Waals surface area contributed by atoms with Gasteiger partial charge in [-0.15, -0.1) is 0 Å². The fourth-order valence-electron chi connectivity index (χ4n) is 4.19. The van der Waals surface area contributed by atoms with Crippen LogP contribution in [0, 0.1) is 19.8 Å². The van der Waals surface area contributed by atoms with Crippen LogP contribution in [0.15, 0.2) is 23.1 Å². The first-order chi connectivity index (χ1) is 16.1. The normalized spacial score (nSPS) is 16.7. The molecule has 1 aliphatic rings. The summed E-state index contributed by atoms with van der Waals surface area (Å²) in [4.78, 5) is 28.3. The van der Waals surface area contributed by atoms with Crippen LogP contribution >= 0.6 is 0 Å². The molecule has 2 aromatic rings. The Hall–Kier alpha value is -3.05. The van der Waals surface area contributed by atoms with Crippen LogP contribution in [0.1, 0.15) is 41.5 Å². The first-order valence-corrected chi connectivity index (χ1v) is 12.5. The number of anilines is 1. The van der Waals surface area contributed by atoms with Crippen molar-refractivity contribution < 1.29 is 32.2 Å². The van der Waals surface area contributed by atoms with Crippen LogP contribution in [-0.2, 0) is 19.6 Å². The number of esters is 1. The number of benzene rings is 1. The zero-order valence-corrected chi connectivity index (χ0v) is 20.9. The number of amides is 1. The summed E-state index contributed by atoms with van der Waals surface area (Å²) < 4.78 is 44.0. The van der Waals surface area contributed by atoms with Gasteiger partial charge in [-0.2, -0.15) is 4.31 Å². The number of hydrogen-bond acceptors (Lipinski definition) is 7. The van der Waals surface area contributed by atoms with E-state index in [-0.39, 0.29) is 36.1 Å². The lowest BCUT2D eigenvalue weighted by molar-refractivity contribution is -0.120. The van der Waals surface area contributed by atoms with Gasteiger partial charge in [0.15, 0.2) is 11.5 Å². The predicted octanol–water partition coefficient (Wildman–Crippen LogP) is 2.86. The zero-order valence-electron chi connectivity index (χ0n) is 20.1. The van der Waals surface area contributed by atoms with E-state index in [0.717, 1.165) is 0 Å². The second kappa shape index (κ2) is 10.5. The number of sulfonamides is 1. The average Bonchev–Trinajstić information content (AvgIpc) is 3.13. The number of nitrogens with zero attached hydrogens (tertiary/aromatic N) is 1. The Kier molecular flexibility index (Phi) is 7.88. The number of ether oxygens (including phenoxy) is 3. The molecule has 2 heterocycles. The lowest BCUT2D eigenvalue weighted by Crippen LogP contribution is -2.44. The van der Waals surface area contributed by atoms with Gasteiger partial charge in [0, 0.05) is 36.2 Å². The van der Waals surface area contributed by atoms with Crippen molar-refractivity contribution in [3.05, 3.63) is 35.2 Å². The molecule has 0 radical (unpaired) electrons. The van der Waals surface area contributed by atoms with E-state index < -0.39 is 21.9 Å². The molecule has 1 aliphatic heterocycles. The maximum Gasteiger partial charge on any atom is 0.341 e. The van der Waals surface area contributed by atoms with Crippen molar-refractivity contribution >= 4 is 27.6 Å². The van der Waals surface area contributed by atoms with Crippen molar-refractivity contribution in [1.29, 1.82) is 0 Å². The van der Waals surface area contributed by atoms with Crippen LogP contribution in [0.5, 0.6) is 11.5 Å². The summed E-state index contributed by atoms with van der Waals surface area (Å²) in [6.45, 7) is 5.29. The molecule has 186 valence electrons. The van der Waals surface area contributed by atoms with Crippen LogP contribution in [-0.4, -0.2) is 63.5 Å². The standard InChI is InChI=1S/C23H31N3O7S/c1-6-33-23(28)20-14(2)24-15(3)21(20)34(29,30)26-11-7-8-16(13-26)22(27)25-17-9-10-18(31-4)19(12-17)32-5/h9-10,12,16,24H,6-8,11,13H2,1-5H3,(H,25,27)/t16-/m1/s1. The van der Waals surface area contributed by atoms with Crippen LogP contribution in [0.25, 0.3) is 0 Å². The van der Waals surface area contributed by atoms with Crippen LogP contribution in [0.2, 0.25) is 0 Å². The summed E-state index contributed by atoms with van der Waals surface area (Å²) in [6.07, 6.45) is 1.06. The molecule has 1 aromatic carbocycles. The quantitative estimate of drug-likeness (QED) is 0.541. The number of methoxy groups -OCH3 is 2. The Bertz CT molecular complexity index is 1170. The Balaban J connectivity index is 1.82. The van der Waals surface area contributed by atoms with Crippen LogP contribution in [0.4, 0.5) is 5.69 Å². The van der Waals surface area contributed by atoms with Gasteiger partial charge in [0.1, 0.15) is 10.5 Å². The molecule has 0 aliphatic carbocycles. The number of carbonyl (C=O) groups is 2. The van der Waals surface area contributed by atoms with Gasteiger partial charge < -0.3 is 24.5 Å². The predicted molar refractivity (Wildman–Crippen MR) is 126 cm³/mol. The summed E-state index contributed by atoms with van der Waals surface area (Å²) in [5.74, 6) is -0.534. The number of aromatic nitrogens is 1. The Morgan fingerprint density at radius 3 is 2.50 bits per heavy atom. The van der Waals surface area contributed by atoms with Gasteiger partial charge in [0.05, 0.1) is 26.7 Å². The summed E-state index contributed by atoms with van der Waals surface area (Å²) >= 11 is 0. The van der Waals surface area contributed by atoms with E-state index in [0.29, 0.717) is 41.4 Å². The number of nitrogens with one attached hydrogen (secondary N) is 2. The fourth-order valence-corrected chi connectivity index (χ4v) is 6.13. The van der Waals surface area contributed by atoms with Crippen molar-refractivity contribution in [2.75, 3.05) is 39.2 Å². The number of aryl methyl sites for hydroxylation is 2. The SMILES string of the molecule is CCOC(=O)c1c(C)[nH]c(C)c1S(=O)(=O)N1CCC[C@@H](C(=O)Nc2ccc(OC)c(OC)c2)C1. The highest BCUT2D eigenvalue weighted by Gasteiger charge is 2.38. The van der Waals surface area contributed by atoms with E-state index in [4.69, 9.17) is 14.2 Å². The highest BCUT2D eigenvalue weighted by atomic mass is 32.2. The summed E-state index contributed by atoms with van der Waals surface area (Å²) in [7, 11) is -1.02. The number of hydrogen-bond donors (Lipinski definition) is 2. The number of rotatable bonds is 8. The Morgan fingerprint density at radius 2 is 1.85 bits per heavy atom.